The standard InChI is InChI=1S/C18H26N2O2/c1-4-19(5-2)18(22)16-8-6-7-13-20(16)17(21)15-11-9-14(3)10-12-15/h9-12,16H,4-8,13H2,1-3H3. The molecule has 0 aliphatic carbocycles. The monoisotopic (exact) mass is 302 g/mol. The van der Waals surface area contributed by atoms with Crippen molar-refractivity contribution in [1.82, 2.24) is 9.80 Å². The van der Waals surface area contributed by atoms with Crippen LogP contribution in [0.5, 0.6) is 0 Å². The molecule has 1 aromatic carbocycles. The van der Waals surface area contributed by atoms with Gasteiger partial charge < -0.3 is 9.80 Å². The Morgan fingerprint density at radius 3 is 2.36 bits per heavy atom. The number of aryl methyl sites for hydroxylation is 1. The predicted molar refractivity (Wildman–Crippen MR) is 87.8 cm³/mol. The molecular formula is C18H26N2O2. The molecule has 2 rings (SSSR count). The Balaban J connectivity index is 2.20. The van der Waals surface area contributed by atoms with E-state index in [1.807, 2.05) is 49.9 Å². The highest BCUT2D eigenvalue weighted by Gasteiger charge is 2.34. The molecule has 1 unspecified atom stereocenters. The van der Waals surface area contributed by atoms with Crippen molar-refractivity contribution in [2.45, 2.75) is 46.1 Å². The number of likely N-dealkylation sites (N-methyl/N-ethyl adjacent to an activating group) is 1. The van der Waals surface area contributed by atoms with Crippen molar-refractivity contribution in [3.63, 3.8) is 0 Å². The van der Waals surface area contributed by atoms with Gasteiger partial charge in [-0.05, 0) is 52.2 Å². The Kier molecular flexibility index (Phi) is 5.58. The fraction of sp³-hybridized carbons (Fsp3) is 0.556. The molecular weight excluding hydrogens is 276 g/mol. The number of piperidine rings is 1. The van der Waals surface area contributed by atoms with Gasteiger partial charge in [-0.1, -0.05) is 17.7 Å². The highest BCUT2D eigenvalue weighted by atomic mass is 16.2. The van der Waals surface area contributed by atoms with Crippen LogP contribution in [0.15, 0.2) is 24.3 Å². The van der Waals surface area contributed by atoms with Crippen molar-refractivity contribution in [3.8, 4) is 0 Å². The third kappa shape index (κ3) is 3.49. The van der Waals surface area contributed by atoms with E-state index in [1.165, 1.54) is 0 Å². The summed E-state index contributed by atoms with van der Waals surface area (Å²) >= 11 is 0. The normalized spacial score (nSPS) is 18.1. The summed E-state index contributed by atoms with van der Waals surface area (Å²) in [7, 11) is 0. The minimum atomic E-state index is -0.303. The fourth-order valence-corrected chi connectivity index (χ4v) is 3.04. The van der Waals surface area contributed by atoms with Crippen LogP contribution in [0.4, 0.5) is 0 Å². The number of amides is 2. The predicted octanol–water partition coefficient (Wildman–Crippen LogP) is 2.86. The van der Waals surface area contributed by atoms with Gasteiger partial charge in [0.1, 0.15) is 6.04 Å². The van der Waals surface area contributed by atoms with Crippen LogP contribution in [0.1, 0.15) is 49.0 Å². The van der Waals surface area contributed by atoms with E-state index < -0.39 is 0 Å². The maximum Gasteiger partial charge on any atom is 0.254 e. The molecule has 1 aliphatic rings. The zero-order chi connectivity index (χ0) is 16.1. The van der Waals surface area contributed by atoms with Crippen LogP contribution < -0.4 is 0 Å². The van der Waals surface area contributed by atoms with Crippen LogP contribution in [-0.2, 0) is 4.79 Å². The summed E-state index contributed by atoms with van der Waals surface area (Å²) in [5, 5.41) is 0. The Morgan fingerprint density at radius 2 is 1.77 bits per heavy atom. The van der Waals surface area contributed by atoms with E-state index in [0.29, 0.717) is 25.2 Å². The molecule has 2 amide bonds. The molecule has 0 spiro atoms. The third-order valence-corrected chi connectivity index (χ3v) is 4.42. The van der Waals surface area contributed by atoms with Gasteiger partial charge in [0.05, 0.1) is 0 Å². The lowest BCUT2D eigenvalue weighted by molar-refractivity contribution is -0.136. The summed E-state index contributed by atoms with van der Waals surface area (Å²) in [5.41, 5.74) is 1.80. The second kappa shape index (κ2) is 7.43. The molecule has 1 aliphatic heterocycles. The number of rotatable bonds is 4. The summed E-state index contributed by atoms with van der Waals surface area (Å²) in [4.78, 5) is 29.1. The van der Waals surface area contributed by atoms with Gasteiger partial charge in [-0.25, -0.2) is 0 Å². The fourth-order valence-electron chi connectivity index (χ4n) is 3.04. The highest BCUT2D eigenvalue weighted by molar-refractivity contribution is 5.97. The summed E-state index contributed by atoms with van der Waals surface area (Å²) < 4.78 is 0. The number of benzene rings is 1. The van der Waals surface area contributed by atoms with Crippen LogP contribution in [0.3, 0.4) is 0 Å². The molecule has 1 heterocycles. The lowest BCUT2D eigenvalue weighted by Gasteiger charge is -2.37. The van der Waals surface area contributed by atoms with E-state index in [0.717, 1.165) is 24.8 Å². The maximum atomic E-state index is 12.8. The van der Waals surface area contributed by atoms with Gasteiger partial charge >= 0.3 is 0 Å². The van der Waals surface area contributed by atoms with Crippen molar-refractivity contribution >= 4 is 11.8 Å². The number of hydrogen-bond donors (Lipinski definition) is 0. The van der Waals surface area contributed by atoms with Crippen molar-refractivity contribution in [2.24, 2.45) is 0 Å². The number of nitrogens with zero attached hydrogens (tertiary/aromatic N) is 2. The molecule has 22 heavy (non-hydrogen) atoms. The van der Waals surface area contributed by atoms with Crippen molar-refractivity contribution < 1.29 is 9.59 Å². The van der Waals surface area contributed by atoms with Crippen LogP contribution in [0.25, 0.3) is 0 Å². The molecule has 4 nitrogen and oxygen atoms in total. The quantitative estimate of drug-likeness (QED) is 0.858. The van der Waals surface area contributed by atoms with Gasteiger partial charge in [0, 0.05) is 25.2 Å². The third-order valence-electron chi connectivity index (χ3n) is 4.42. The molecule has 1 aromatic rings. The van der Waals surface area contributed by atoms with Crippen molar-refractivity contribution in [1.29, 1.82) is 0 Å². The second-order valence-corrected chi connectivity index (χ2v) is 5.89. The van der Waals surface area contributed by atoms with Crippen LogP contribution in [0.2, 0.25) is 0 Å². The summed E-state index contributed by atoms with van der Waals surface area (Å²) in [6.07, 6.45) is 2.75. The Bertz CT molecular complexity index is 520. The van der Waals surface area contributed by atoms with Crippen LogP contribution in [-0.4, -0.2) is 47.3 Å². The van der Waals surface area contributed by atoms with Gasteiger partial charge in [-0.3, -0.25) is 9.59 Å². The smallest absolute Gasteiger partial charge is 0.254 e. The largest absolute Gasteiger partial charge is 0.341 e. The van der Waals surface area contributed by atoms with E-state index in [1.54, 1.807) is 4.90 Å². The molecule has 0 radical (unpaired) electrons. The summed E-state index contributed by atoms with van der Waals surface area (Å²) in [6, 6.07) is 7.29. The lowest BCUT2D eigenvalue weighted by Crippen LogP contribution is -2.53. The maximum absolute atomic E-state index is 12.8. The van der Waals surface area contributed by atoms with Crippen LogP contribution in [0, 0.1) is 6.92 Å². The minimum Gasteiger partial charge on any atom is -0.341 e. The molecule has 4 heteroatoms. The number of carbonyl (C=O) groups excluding carboxylic acids is 2. The molecule has 1 atom stereocenters. The Morgan fingerprint density at radius 1 is 1.14 bits per heavy atom. The van der Waals surface area contributed by atoms with Gasteiger partial charge in [0.15, 0.2) is 0 Å². The molecule has 0 aromatic heterocycles. The lowest BCUT2D eigenvalue weighted by atomic mass is 9.99. The molecule has 0 bridgehead atoms. The van der Waals surface area contributed by atoms with E-state index in [-0.39, 0.29) is 17.9 Å². The van der Waals surface area contributed by atoms with E-state index in [2.05, 4.69) is 0 Å². The van der Waals surface area contributed by atoms with E-state index >= 15 is 0 Å². The van der Waals surface area contributed by atoms with Gasteiger partial charge in [0.25, 0.3) is 5.91 Å². The second-order valence-electron chi connectivity index (χ2n) is 5.89. The van der Waals surface area contributed by atoms with Crippen molar-refractivity contribution in [3.05, 3.63) is 35.4 Å². The molecule has 1 saturated heterocycles. The summed E-state index contributed by atoms with van der Waals surface area (Å²) in [6.45, 7) is 8.02. The first-order chi connectivity index (χ1) is 10.6. The molecule has 1 fully saturated rings. The first-order valence-corrected chi connectivity index (χ1v) is 8.24. The molecule has 0 saturated carbocycles. The zero-order valence-electron chi connectivity index (χ0n) is 13.8. The topological polar surface area (TPSA) is 40.6 Å². The molecule has 0 N–H and O–H groups in total. The van der Waals surface area contributed by atoms with Gasteiger partial charge in [-0.15, -0.1) is 0 Å². The average Bonchev–Trinajstić information content (AvgIpc) is 2.56. The Hall–Kier alpha value is -1.84. The zero-order valence-corrected chi connectivity index (χ0v) is 13.8. The average molecular weight is 302 g/mol. The Labute approximate surface area is 133 Å². The number of likely N-dealkylation sites (tertiary alicyclic amines) is 1. The van der Waals surface area contributed by atoms with E-state index in [9.17, 15) is 9.59 Å². The highest BCUT2D eigenvalue weighted by Crippen LogP contribution is 2.21. The number of hydrogen-bond acceptors (Lipinski definition) is 2. The number of carbonyl (C=O) groups is 2. The SMILES string of the molecule is CCN(CC)C(=O)C1CCCCN1C(=O)c1ccc(C)cc1. The first kappa shape index (κ1) is 16.5. The van der Waals surface area contributed by atoms with Crippen molar-refractivity contribution in [2.75, 3.05) is 19.6 Å². The van der Waals surface area contributed by atoms with Crippen LogP contribution >= 0.6 is 0 Å². The molecule has 120 valence electrons. The van der Waals surface area contributed by atoms with E-state index in [4.69, 9.17) is 0 Å². The van der Waals surface area contributed by atoms with Gasteiger partial charge in [0.2, 0.25) is 5.91 Å². The first-order valence-electron chi connectivity index (χ1n) is 8.24. The summed E-state index contributed by atoms with van der Waals surface area (Å²) in [5.74, 6) is 0.0652. The minimum absolute atomic E-state index is 0.0230. The van der Waals surface area contributed by atoms with Gasteiger partial charge in [-0.2, -0.15) is 0 Å².